The third kappa shape index (κ3) is 4.21. The smallest absolute Gasteiger partial charge is 0.254 e. The number of nitrogens with zero attached hydrogens (tertiary/aromatic N) is 2. The molecule has 0 unspecified atom stereocenters. The molecule has 41 heavy (non-hydrogen) atoms. The molecule has 4 aliphatic rings. The van der Waals surface area contributed by atoms with Gasteiger partial charge in [0.25, 0.3) is 11.8 Å². The van der Waals surface area contributed by atoms with Gasteiger partial charge in [-0.15, -0.1) is 0 Å². The van der Waals surface area contributed by atoms with E-state index in [-0.39, 0.29) is 23.7 Å². The van der Waals surface area contributed by atoms with Gasteiger partial charge in [-0.1, -0.05) is 72.3 Å². The Morgan fingerprint density at radius 1 is 0.756 bits per heavy atom. The van der Waals surface area contributed by atoms with Crippen LogP contribution in [0.15, 0.2) is 96.1 Å². The van der Waals surface area contributed by atoms with Crippen molar-refractivity contribution in [2.75, 3.05) is 6.61 Å². The zero-order valence-electron chi connectivity index (χ0n) is 22.4. The Hall–Kier alpha value is -4.42. The largest absolute Gasteiger partial charge is 0.490 e. The summed E-state index contributed by atoms with van der Waals surface area (Å²) >= 11 is 5.98. The number of halogens is 1. The summed E-state index contributed by atoms with van der Waals surface area (Å²) in [5.41, 5.74) is 6.23. The highest BCUT2D eigenvalue weighted by atomic mass is 35.5. The SMILES string of the molecule is CCOc1cc(/C=N\N2C(=O)[C@@H]3C4c5ccccc5C(c5ccccc54)[C@H]3C2=O)ccc1OCc1ccc(Cl)cc1. The number of carbonyl (C=O) groups excluding carboxylic acids is 2. The Morgan fingerprint density at radius 3 is 1.85 bits per heavy atom. The van der Waals surface area contributed by atoms with E-state index in [1.165, 1.54) is 0 Å². The van der Waals surface area contributed by atoms with Gasteiger partial charge < -0.3 is 9.47 Å². The molecule has 1 heterocycles. The highest BCUT2D eigenvalue weighted by Crippen LogP contribution is 2.60. The Morgan fingerprint density at radius 2 is 1.32 bits per heavy atom. The minimum atomic E-state index is -0.461. The molecule has 1 saturated heterocycles. The Balaban J connectivity index is 1.16. The molecule has 0 N–H and O–H groups in total. The summed E-state index contributed by atoms with van der Waals surface area (Å²) in [4.78, 5) is 27.6. The fourth-order valence-electron chi connectivity index (χ4n) is 6.63. The van der Waals surface area contributed by atoms with Crippen molar-refractivity contribution in [1.82, 2.24) is 5.01 Å². The number of rotatable bonds is 7. The van der Waals surface area contributed by atoms with Crippen LogP contribution in [0.3, 0.4) is 0 Å². The van der Waals surface area contributed by atoms with Gasteiger partial charge in [0.2, 0.25) is 0 Å². The van der Waals surface area contributed by atoms with Crippen LogP contribution in [-0.4, -0.2) is 29.6 Å². The maximum Gasteiger partial charge on any atom is 0.254 e. The van der Waals surface area contributed by atoms with Crippen LogP contribution in [0.1, 0.15) is 52.1 Å². The van der Waals surface area contributed by atoms with Gasteiger partial charge >= 0.3 is 0 Å². The van der Waals surface area contributed by atoms with E-state index < -0.39 is 11.8 Å². The molecule has 2 atom stereocenters. The van der Waals surface area contributed by atoms with Crippen LogP contribution >= 0.6 is 11.6 Å². The van der Waals surface area contributed by atoms with Crippen LogP contribution in [-0.2, 0) is 16.2 Å². The van der Waals surface area contributed by atoms with Crippen molar-refractivity contribution < 1.29 is 19.1 Å². The Labute approximate surface area is 243 Å². The summed E-state index contributed by atoms with van der Waals surface area (Å²) in [5, 5.41) is 6.19. The van der Waals surface area contributed by atoms with Crippen molar-refractivity contribution in [2.24, 2.45) is 16.9 Å². The van der Waals surface area contributed by atoms with Crippen molar-refractivity contribution in [3.63, 3.8) is 0 Å². The second-order valence-electron chi connectivity index (χ2n) is 10.6. The van der Waals surface area contributed by atoms with Gasteiger partial charge in [-0.3, -0.25) is 9.59 Å². The van der Waals surface area contributed by atoms with Crippen LogP contribution in [0, 0.1) is 11.8 Å². The first kappa shape index (κ1) is 25.5. The number of imide groups is 1. The minimum absolute atomic E-state index is 0.157. The molecule has 2 amide bonds. The van der Waals surface area contributed by atoms with Crippen LogP contribution in [0.4, 0.5) is 0 Å². The molecule has 2 bridgehead atoms. The lowest BCUT2D eigenvalue weighted by Crippen LogP contribution is -2.41. The summed E-state index contributed by atoms with van der Waals surface area (Å²) in [6, 6.07) is 29.3. The number of amides is 2. The summed E-state index contributed by atoms with van der Waals surface area (Å²) < 4.78 is 11.8. The van der Waals surface area contributed by atoms with Gasteiger partial charge in [-0.05, 0) is 70.6 Å². The van der Waals surface area contributed by atoms with Gasteiger partial charge in [0.15, 0.2) is 11.5 Å². The molecular weight excluding hydrogens is 536 g/mol. The monoisotopic (exact) mass is 562 g/mol. The number of carbonyl (C=O) groups is 2. The van der Waals surface area contributed by atoms with E-state index in [2.05, 4.69) is 29.4 Å². The average molecular weight is 563 g/mol. The molecule has 4 aromatic rings. The second kappa shape index (κ2) is 10.2. The quantitative estimate of drug-likeness (QED) is 0.189. The minimum Gasteiger partial charge on any atom is -0.490 e. The molecule has 0 saturated carbocycles. The number of ether oxygens (including phenoxy) is 2. The van der Waals surface area contributed by atoms with Crippen molar-refractivity contribution >= 4 is 29.6 Å². The lowest BCUT2D eigenvalue weighted by atomic mass is 9.55. The fourth-order valence-corrected chi connectivity index (χ4v) is 6.76. The standard InChI is InChI=1S/C34H27ClN2O4/c1-2-40-28-17-21(13-16-27(28)41-19-20-11-14-22(35)15-12-20)18-36-37-33(38)31-29-23-7-3-4-8-24(23)30(32(31)34(37)39)26-10-6-5-9-25(26)29/h3-18,29-32H,2,19H2,1H3/b36-18-/t29?,30?,31-,32-/m1/s1. The fraction of sp³-hybridized carbons (Fsp3) is 0.206. The molecule has 3 aliphatic carbocycles. The normalized spacial score (nSPS) is 22.0. The number of hydrazone groups is 1. The van der Waals surface area contributed by atoms with Crippen LogP contribution < -0.4 is 9.47 Å². The Kier molecular flexibility index (Phi) is 6.36. The molecule has 1 fully saturated rings. The molecular formula is C34H27ClN2O4. The molecule has 0 radical (unpaired) electrons. The first-order valence-corrected chi connectivity index (χ1v) is 14.2. The molecule has 7 heteroatoms. The molecule has 8 rings (SSSR count). The molecule has 4 aromatic carbocycles. The predicted molar refractivity (Wildman–Crippen MR) is 156 cm³/mol. The van der Waals surface area contributed by atoms with E-state index in [0.29, 0.717) is 35.3 Å². The number of benzene rings is 4. The topological polar surface area (TPSA) is 68.2 Å². The van der Waals surface area contributed by atoms with E-state index in [4.69, 9.17) is 21.1 Å². The van der Waals surface area contributed by atoms with E-state index in [0.717, 1.165) is 32.8 Å². The van der Waals surface area contributed by atoms with Crippen LogP contribution in [0.2, 0.25) is 5.02 Å². The summed E-state index contributed by atoms with van der Waals surface area (Å²) in [6.07, 6.45) is 1.54. The maximum absolute atomic E-state index is 13.8. The predicted octanol–water partition coefficient (Wildman–Crippen LogP) is 6.54. The van der Waals surface area contributed by atoms with Crippen molar-refractivity contribution in [3.8, 4) is 11.5 Å². The average Bonchev–Trinajstić information content (AvgIpc) is 3.26. The van der Waals surface area contributed by atoms with Crippen molar-refractivity contribution in [1.29, 1.82) is 0 Å². The van der Waals surface area contributed by atoms with E-state index in [1.807, 2.05) is 67.6 Å². The second-order valence-corrected chi connectivity index (χ2v) is 11.0. The number of hydrogen-bond acceptors (Lipinski definition) is 5. The van der Waals surface area contributed by atoms with Crippen molar-refractivity contribution in [2.45, 2.75) is 25.4 Å². The lowest BCUT2D eigenvalue weighted by Gasteiger charge is -2.45. The van der Waals surface area contributed by atoms with Crippen molar-refractivity contribution in [3.05, 3.63) is 129 Å². The van der Waals surface area contributed by atoms with E-state index >= 15 is 0 Å². The van der Waals surface area contributed by atoms with Crippen LogP contribution in [0.25, 0.3) is 0 Å². The third-order valence-electron chi connectivity index (χ3n) is 8.32. The zero-order valence-corrected chi connectivity index (χ0v) is 23.1. The van der Waals surface area contributed by atoms with Gasteiger partial charge in [-0.25, -0.2) is 0 Å². The third-order valence-corrected chi connectivity index (χ3v) is 8.57. The molecule has 1 aliphatic heterocycles. The van der Waals surface area contributed by atoms with Gasteiger partial charge in [-0.2, -0.15) is 10.1 Å². The van der Waals surface area contributed by atoms with Gasteiger partial charge in [0.1, 0.15) is 6.61 Å². The highest BCUT2D eigenvalue weighted by molar-refractivity contribution is 6.30. The summed E-state index contributed by atoms with van der Waals surface area (Å²) in [7, 11) is 0. The maximum atomic E-state index is 13.8. The lowest BCUT2D eigenvalue weighted by molar-refractivity contribution is -0.139. The van der Waals surface area contributed by atoms with Gasteiger partial charge in [0.05, 0.1) is 24.7 Å². The summed E-state index contributed by atoms with van der Waals surface area (Å²) in [6.45, 7) is 2.71. The van der Waals surface area contributed by atoms with E-state index in [1.54, 1.807) is 12.3 Å². The molecule has 0 spiro atoms. The molecule has 204 valence electrons. The Bertz CT molecular complexity index is 1580. The first-order chi connectivity index (χ1) is 20.0. The zero-order chi connectivity index (χ0) is 28.1. The first-order valence-electron chi connectivity index (χ1n) is 13.8. The summed E-state index contributed by atoms with van der Waals surface area (Å²) in [5.74, 6) is -0.584. The van der Waals surface area contributed by atoms with E-state index in [9.17, 15) is 9.59 Å². The van der Waals surface area contributed by atoms with Gasteiger partial charge in [0, 0.05) is 16.9 Å². The molecule has 6 nitrogen and oxygen atoms in total. The van der Waals surface area contributed by atoms with Crippen LogP contribution in [0.5, 0.6) is 11.5 Å². The number of hydrogen-bond donors (Lipinski definition) is 0. The highest BCUT2D eigenvalue weighted by Gasteiger charge is 2.61. The molecule has 0 aromatic heterocycles.